The second-order valence-electron chi connectivity index (χ2n) is 8.05. The van der Waals surface area contributed by atoms with E-state index in [1.165, 1.54) is 47.6 Å². The van der Waals surface area contributed by atoms with Gasteiger partial charge in [-0.2, -0.15) is 11.8 Å². The third kappa shape index (κ3) is 3.72. The number of halogens is 1. The van der Waals surface area contributed by atoms with Crippen LogP contribution in [0.15, 0.2) is 61.1 Å². The Hall–Kier alpha value is -2.37. The maximum Gasteiger partial charge on any atom is 0.123 e. The van der Waals surface area contributed by atoms with Gasteiger partial charge in [0, 0.05) is 54.1 Å². The molecule has 154 valence electrons. The van der Waals surface area contributed by atoms with Crippen molar-refractivity contribution in [1.82, 2.24) is 14.9 Å². The Kier molecular flexibility index (Phi) is 5.48. The third-order valence-electron chi connectivity index (χ3n) is 6.25. The zero-order valence-corrected chi connectivity index (χ0v) is 18.0. The number of hydrogen-bond donors (Lipinski definition) is 1. The fraction of sp³-hybridized carbons (Fsp3) is 0.320. The molecule has 2 aliphatic rings. The highest BCUT2D eigenvalue weighted by molar-refractivity contribution is 7.99. The molecule has 1 aromatic carbocycles. The molecule has 0 unspecified atom stereocenters. The van der Waals surface area contributed by atoms with Crippen LogP contribution in [0.2, 0.25) is 0 Å². The van der Waals surface area contributed by atoms with Crippen LogP contribution in [0.3, 0.4) is 0 Å². The van der Waals surface area contributed by atoms with Crippen molar-refractivity contribution in [3.63, 3.8) is 0 Å². The first-order chi connectivity index (χ1) is 14.7. The second-order valence-corrected chi connectivity index (χ2v) is 9.63. The van der Waals surface area contributed by atoms with E-state index in [1.807, 2.05) is 24.5 Å². The first-order valence-corrected chi connectivity index (χ1v) is 11.7. The number of thioether (sulfide) groups is 1. The first kappa shape index (κ1) is 19.6. The minimum atomic E-state index is -0.216. The van der Waals surface area contributed by atoms with Gasteiger partial charge in [-0.1, -0.05) is 13.0 Å². The van der Waals surface area contributed by atoms with Gasteiger partial charge in [-0.05, 0) is 71.7 Å². The van der Waals surface area contributed by atoms with Crippen LogP contribution in [0.4, 0.5) is 4.39 Å². The van der Waals surface area contributed by atoms with Crippen molar-refractivity contribution in [3.05, 3.63) is 72.4 Å². The second kappa shape index (κ2) is 8.40. The van der Waals surface area contributed by atoms with Crippen LogP contribution < -0.4 is 0 Å². The number of rotatable bonds is 5. The van der Waals surface area contributed by atoms with E-state index in [4.69, 9.17) is 0 Å². The van der Waals surface area contributed by atoms with Crippen molar-refractivity contribution >= 4 is 17.3 Å². The average Bonchev–Trinajstić information content (AvgIpc) is 3.38. The SMILES string of the molecule is CCS[C@H]1C[C@@H]2CC(c3c[nH]c(-c4ccc(F)cc4)c3-c3ccncc3)=CCN2C1. The van der Waals surface area contributed by atoms with Gasteiger partial charge in [-0.15, -0.1) is 0 Å². The molecule has 1 fully saturated rings. The van der Waals surface area contributed by atoms with Gasteiger partial charge in [0.15, 0.2) is 0 Å². The Morgan fingerprint density at radius 2 is 1.93 bits per heavy atom. The molecule has 0 saturated carbocycles. The molecule has 5 heteroatoms. The van der Waals surface area contributed by atoms with Crippen molar-refractivity contribution in [2.24, 2.45) is 0 Å². The number of H-pyrrole nitrogens is 1. The number of benzene rings is 1. The van der Waals surface area contributed by atoms with Crippen LogP contribution >= 0.6 is 11.8 Å². The molecule has 2 aromatic heterocycles. The van der Waals surface area contributed by atoms with E-state index in [0.29, 0.717) is 6.04 Å². The van der Waals surface area contributed by atoms with Crippen molar-refractivity contribution in [1.29, 1.82) is 0 Å². The summed E-state index contributed by atoms with van der Waals surface area (Å²) in [4.78, 5) is 10.3. The molecule has 3 nitrogen and oxygen atoms in total. The van der Waals surface area contributed by atoms with E-state index in [1.54, 1.807) is 0 Å². The lowest BCUT2D eigenvalue weighted by Crippen LogP contribution is -2.33. The maximum atomic E-state index is 13.5. The fourth-order valence-corrected chi connectivity index (χ4v) is 5.98. The molecule has 1 saturated heterocycles. The van der Waals surface area contributed by atoms with Crippen LogP contribution in [0.25, 0.3) is 28.0 Å². The van der Waals surface area contributed by atoms with Crippen molar-refractivity contribution in [3.8, 4) is 22.4 Å². The summed E-state index contributed by atoms with van der Waals surface area (Å²) in [6.45, 7) is 4.48. The van der Waals surface area contributed by atoms with Crippen molar-refractivity contribution < 1.29 is 4.39 Å². The highest BCUT2D eigenvalue weighted by Crippen LogP contribution is 2.42. The summed E-state index contributed by atoms with van der Waals surface area (Å²) in [7, 11) is 0. The van der Waals surface area contributed by atoms with E-state index in [-0.39, 0.29) is 5.82 Å². The smallest absolute Gasteiger partial charge is 0.123 e. The first-order valence-electron chi connectivity index (χ1n) is 10.7. The fourth-order valence-electron chi connectivity index (χ4n) is 4.85. The lowest BCUT2D eigenvalue weighted by atomic mass is 9.89. The Morgan fingerprint density at radius 1 is 1.13 bits per heavy atom. The van der Waals surface area contributed by atoms with Crippen LogP contribution in [0, 0.1) is 5.82 Å². The summed E-state index contributed by atoms with van der Waals surface area (Å²) in [5.74, 6) is 0.975. The minimum Gasteiger partial charge on any atom is -0.360 e. The largest absolute Gasteiger partial charge is 0.360 e. The molecule has 0 bridgehead atoms. The van der Waals surface area contributed by atoms with Crippen LogP contribution in [-0.4, -0.2) is 45.0 Å². The van der Waals surface area contributed by atoms with Gasteiger partial charge in [0.25, 0.3) is 0 Å². The summed E-state index contributed by atoms with van der Waals surface area (Å²) >= 11 is 2.10. The summed E-state index contributed by atoms with van der Waals surface area (Å²) in [5.41, 5.74) is 7.01. The van der Waals surface area contributed by atoms with Gasteiger partial charge in [-0.25, -0.2) is 4.39 Å². The van der Waals surface area contributed by atoms with Gasteiger partial charge in [-0.3, -0.25) is 9.88 Å². The number of fused-ring (bicyclic) bond motifs is 1. The van der Waals surface area contributed by atoms with Gasteiger partial charge < -0.3 is 4.98 Å². The molecule has 2 aliphatic heterocycles. The third-order valence-corrected chi connectivity index (χ3v) is 7.39. The minimum absolute atomic E-state index is 0.216. The summed E-state index contributed by atoms with van der Waals surface area (Å²) in [6, 6.07) is 11.5. The molecule has 0 spiro atoms. The monoisotopic (exact) mass is 419 g/mol. The van der Waals surface area contributed by atoms with E-state index in [0.717, 1.165) is 35.0 Å². The number of nitrogens with zero attached hydrogens (tertiary/aromatic N) is 2. The molecule has 2 atom stereocenters. The molecule has 0 aliphatic carbocycles. The molecular weight excluding hydrogens is 393 g/mol. The average molecular weight is 420 g/mol. The highest BCUT2D eigenvalue weighted by Gasteiger charge is 2.35. The topological polar surface area (TPSA) is 31.9 Å². The Balaban J connectivity index is 1.52. The zero-order chi connectivity index (χ0) is 20.5. The van der Waals surface area contributed by atoms with E-state index >= 15 is 0 Å². The zero-order valence-electron chi connectivity index (χ0n) is 17.1. The predicted molar refractivity (Wildman–Crippen MR) is 124 cm³/mol. The predicted octanol–water partition coefficient (Wildman–Crippen LogP) is 5.87. The van der Waals surface area contributed by atoms with E-state index in [2.05, 4.69) is 58.0 Å². The summed E-state index contributed by atoms with van der Waals surface area (Å²) in [6.07, 6.45) is 10.6. The number of aromatic amines is 1. The number of pyridine rings is 1. The molecular formula is C25H26FN3S. The van der Waals surface area contributed by atoms with Gasteiger partial charge in [0.2, 0.25) is 0 Å². The van der Waals surface area contributed by atoms with E-state index in [9.17, 15) is 4.39 Å². The summed E-state index contributed by atoms with van der Waals surface area (Å²) in [5, 5.41) is 0.758. The van der Waals surface area contributed by atoms with Gasteiger partial charge >= 0.3 is 0 Å². The molecule has 4 heterocycles. The molecule has 1 N–H and O–H groups in total. The highest BCUT2D eigenvalue weighted by atomic mass is 32.2. The number of hydrogen-bond acceptors (Lipinski definition) is 3. The van der Waals surface area contributed by atoms with Crippen LogP contribution in [-0.2, 0) is 0 Å². The maximum absolute atomic E-state index is 13.5. The number of nitrogens with one attached hydrogen (secondary N) is 1. The quantitative estimate of drug-likeness (QED) is 0.562. The molecule has 30 heavy (non-hydrogen) atoms. The standard InChI is InChI=1S/C25H26FN3S/c1-2-30-22-14-21-13-19(9-12-29(21)16-22)23-15-28-25(18-3-5-20(26)6-4-18)24(23)17-7-10-27-11-8-17/h3-11,15,21-22,28H,2,12-14,16H2,1H3/t21-,22-/m0/s1. The Labute approximate surface area is 181 Å². The summed E-state index contributed by atoms with van der Waals surface area (Å²) < 4.78 is 13.5. The number of aromatic nitrogens is 2. The van der Waals surface area contributed by atoms with Crippen LogP contribution in [0.5, 0.6) is 0 Å². The van der Waals surface area contributed by atoms with Crippen molar-refractivity contribution in [2.75, 3.05) is 18.8 Å². The van der Waals surface area contributed by atoms with Gasteiger partial charge in [0.1, 0.15) is 5.82 Å². The molecule has 0 amide bonds. The van der Waals surface area contributed by atoms with Gasteiger partial charge in [0.05, 0.1) is 5.69 Å². The molecule has 3 aromatic rings. The van der Waals surface area contributed by atoms with Crippen molar-refractivity contribution in [2.45, 2.75) is 31.1 Å². The lowest BCUT2D eigenvalue weighted by molar-refractivity contribution is 0.275. The van der Waals surface area contributed by atoms with E-state index < -0.39 is 0 Å². The molecule has 0 radical (unpaired) electrons. The lowest BCUT2D eigenvalue weighted by Gasteiger charge is -2.29. The Morgan fingerprint density at radius 3 is 2.70 bits per heavy atom. The van der Waals surface area contributed by atoms with Crippen LogP contribution in [0.1, 0.15) is 25.3 Å². The molecule has 5 rings (SSSR count). The normalized spacial score (nSPS) is 21.5. The Bertz CT molecular complexity index is 1040.